The molecule has 0 unspecified atom stereocenters. The van der Waals surface area contributed by atoms with Crippen molar-refractivity contribution in [3.05, 3.63) is 95.8 Å². The number of carbonyl (C=O) groups excluding carboxylic acids is 1. The third-order valence-corrected chi connectivity index (χ3v) is 4.20. The van der Waals surface area contributed by atoms with E-state index in [1.54, 1.807) is 18.2 Å². The molecule has 0 saturated carbocycles. The molecule has 2 nitrogen and oxygen atoms in total. The van der Waals surface area contributed by atoms with E-state index in [1.165, 1.54) is 12.1 Å². The summed E-state index contributed by atoms with van der Waals surface area (Å²) in [6.45, 7) is 0. The van der Waals surface area contributed by atoms with Gasteiger partial charge in [0.2, 0.25) is 0 Å². The molecule has 0 fully saturated rings. The third-order valence-electron chi connectivity index (χ3n) is 4.20. The summed E-state index contributed by atoms with van der Waals surface area (Å²) in [5.74, 6) is 1.01. The van der Waals surface area contributed by atoms with Crippen LogP contribution in [0, 0.1) is 5.82 Å². The zero-order valence-electron chi connectivity index (χ0n) is 13.4. The smallest absolute Gasteiger partial charge is 0.163 e. The van der Waals surface area contributed by atoms with Crippen LogP contribution in [0.15, 0.2) is 78.9 Å². The minimum Gasteiger partial charge on any atom is -0.457 e. The number of allylic oxidation sites excluding steroid dienone is 1. The Morgan fingerprint density at radius 1 is 0.800 bits per heavy atom. The molecule has 4 rings (SSSR count). The lowest BCUT2D eigenvalue weighted by molar-refractivity contribution is -0.114. The lowest BCUT2D eigenvalue weighted by Crippen LogP contribution is -2.11. The molecular formula is C22H15FO2. The van der Waals surface area contributed by atoms with Gasteiger partial charge in [-0.3, -0.25) is 4.79 Å². The average Bonchev–Trinajstić information content (AvgIpc) is 2.63. The maximum atomic E-state index is 13.0. The molecule has 3 aromatic rings. The Balaban J connectivity index is 1.59. The summed E-state index contributed by atoms with van der Waals surface area (Å²) < 4.78 is 19.0. The third kappa shape index (κ3) is 3.22. The minimum atomic E-state index is -0.253. The fourth-order valence-corrected chi connectivity index (χ4v) is 2.95. The van der Waals surface area contributed by atoms with E-state index in [-0.39, 0.29) is 11.6 Å². The number of hydrogen-bond acceptors (Lipinski definition) is 2. The minimum absolute atomic E-state index is 0.0385. The van der Waals surface area contributed by atoms with Gasteiger partial charge in [-0.05, 0) is 41.0 Å². The highest BCUT2D eigenvalue weighted by Gasteiger charge is 2.18. The van der Waals surface area contributed by atoms with E-state index in [0.717, 1.165) is 22.3 Å². The summed E-state index contributed by atoms with van der Waals surface area (Å²) >= 11 is 0. The number of benzene rings is 3. The number of carbonyl (C=O) groups is 1. The zero-order chi connectivity index (χ0) is 17.2. The van der Waals surface area contributed by atoms with E-state index in [1.807, 2.05) is 48.5 Å². The van der Waals surface area contributed by atoms with Gasteiger partial charge in [0, 0.05) is 18.1 Å². The first-order valence-electron chi connectivity index (χ1n) is 8.06. The van der Waals surface area contributed by atoms with Crippen LogP contribution in [-0.4, -0.2) is 5.78 Å². The Hall–Kier alpha value is -3.20. The van der Waals surface area contributed by atoms with Crippen molar-refractivity contribution in [2.24, 2.45) is 0 Å². The molecule has 3 heteroatoms. The quantitative estimate of drug-likeness (QED) is 0.673. The summed E-state index contributed by atoms with van der Waals surface area (Å²) in [4.78, 5) is 11.9. The summed E-state index contributed by atoms with van der Waals surface area (Å²) in [6, 6.07) is 21.7. The van der Waals surface area contributed by atoms with E-state index in [2.05, 4.69) is 0 Å². The molecule has 0 amide bonds. The molecule has 0 saturated heterocycles. The standard InChI is InChI=1S/C22H15FO2/c23-18-9-5-15(6-10-18)16-7-11-20(12-8-16)25-22-14-19(24)13-17-3-1-2-4-21(17)22/h1-12,14H,13H2. The van der Waals surface area contributed by atoms with Crippen LogP contribution in [-0.2, 0) is 11.2 Å². The first kappa shape index (κ1) is 15.3. The van der Waals surface area contributed by atoms with Gasteiger partial charge in [0.1, 0.15) is 17.3 Å². The van der Waals surface area contributed by atoms with Crippen LogP contribution in [0.4, 0.5) is 4.39 Å². The van der Waals surface area contributed by atoms with Gasteiger partial charge >= 0.3 is 0 Å². The molecule has 122 valence electrons. The van der Waals surface area contributed by atoms with Gasteiger partial charge in [-0.2, -0.15) is 0 Å². The first-order chi connectivity index (χ1) is 12.2. The van der Waals surface area contributed by atoms with Crippen molar-refractivity contribution >= 4 is 11.5 Å². The molecule has 0 heterocycles. The summed E-state index contributed by atoms with van der Waals surface area (Å²) in [5.41, 5.74) is 3.84. The largest absolute Gasteiger partial charge is 0.457 e. The van der Waals surface area contributed by atoms with Crippen LogP contribution < -0.4 is 4.74 Å². The van der Waals surface area contributed by atoms with Gasteiger partial charge in [0.05, 0.1) is 0 Å². The van der Waals surface area contributed by atoms with Crippen LogP contribution in [0.3, 0.4) is 0 Å². The van der Waals surface area contributed by atoms with Gasteiger partial charge in [-0.1, -0.05) is 48.5 Å². The van der Waals surface area contributed by atoms with Crippen LogP contribution in [0.2, 0.25) is 0 Å². The molecule has 25 heavy (non-hydrogen) atoms. The van der Waals surface area contributed by atoms with Crippen molar-refractivity contribution in [3.63, 3.8) is 0 Å². The molecule has 1 aliphatic rings. The van der Waals surface area contributed by atoms with E-state index in [0.29, 0.717) is 17.9 Å². The fraction of sp³-hybridized carbons (Fsp3) is 0.0455. The van der Waals surface area contributed by atoms with Gasteiger partial charge in [0.25, 0.3) is 0 Å². The molecule has 0 atom stereocenters. The summed E-state index contributed by atoms with van der Waals surface area (Å²) in [6.07, 6.45) is 1.96. The molecule has 0 bridgehead atoms. The number of halogens is 1. The van der Waals surface area contributed by atoms with Gasteiger partial charge < -0.3 is 4.74 Å². The van der Waals surface area contributed by atoms with Gasteiger partial charge in [0.15, 0.2) is 5.78 Å². The van der Waals surface area contributed by atoms with Crippen LogP contribution >= 0.6 is 0 Å². The van der Waals surface area contributed by atoms with Crippen molar-refractivity contribution in [1.29, 1.82) is 0 Å². The molecule has 0 aromatic heterocycles. The van der Waals surface area contributed by atoms with E-state index in [9.17, 15) is 9.18 Å². The summed E-state index contributed by atoms with van der Waals surface area (Å²) in [7, 11) is 0. The molecular weight excluding hydrogens is 315 g/mol. The maximum Gasteiger partial charge on any atom is 0.163 e. The van der Waals surface area contributed by atoms with Gasteiger partial charge in [-0.25, -0.2) is 4.39 Å². The van der Waals surface area contributed by atoms with Crippen molar-refractivity contribution in [3.8, 4) is 16.9 Å². The van der Waals surface area contributed by atoms with Crippen LogP contribution in [0.25, 0.3) is 16.9 Å². The Kier molecular flexibility index (Phi) is 3.90. The number of hydrogen-bond donors (Lipinski definition) is 0. The Labute approximate surface area is 145 Å². The molecule has 0 spiro atoms. The zero-order valence-corrected chi connectivity index (χ0v) is 13.4. The monoisotopic (exact) mass is 330 g/mol. The van der Waals surface area contributed by atoms with Crippen molar-refractivity contribution in [2.75, 3.05) is 0 Å². The SMILES string of the molecule is O=C1C=C(Oc2ccc(-c3ccc(F)cc3)cc2)c2ccccc2C1. The van der Waals surface area contributed by atoms with Crippen molar-refractivity contribution in [2.45, 2.75) is 6.42 Å². The van der Waals surface area contributed by atoms with Gasteiger partial charge in [-0.15, -0.1) is 0 Å². The number of rotatable bonds is 3. The molecule has 0 radical (unpaired) electrons. The lowest BCUT2D eigenvalue weighted by atomic mass is 9.95. The highest BCUT2D eigenvalue weighted by molar-refractivity contribution is 6.00. The Bertz CT molecular complexity index is 954. The van der Waals surface area contributed by atoms with E-state index in [4.69, 9.17) is 4.74 Å². The second-order valence-corrected chi connectivity index (χ2v) is 5.94. The van der Waals surface area contributed by atoms with Crippen molar-refractivity contribution in [1.82, 2.24) is 0 Å². The number of ether oxygens (including phenoxy) is 1. The molecule has 1 aliphatic carbocycles. The second-order valence-electron chi connectivity index (χ2n) is 5.94. The first-order valence-corrected chi connectivity index (χ1v) is 8.06. The number of fused-ring (bicyclic) bond motifs is 1. The average molecular weight is 330 g/mol. The second kappa shape index (κ2) is 6.36. The molecule has 3 aromatic carbocycles. The predicted molar refractivity (Wildman–Crippen MR) is 95.6 cm³/mol. The Morgan fingerprint density at radius 2 is 1.44 bits per heavy atom. The Morgan fingerprint density at radius 3 is 2.16 bits per heavy atom. The highest BCUT2D eigenvalue weighted by atomic mass is 19.1. The highest BCUT2D eigenvalue weighted by Crippen LogP contribution is 2.29. The van der Waals surface area contributed by atoms with E-state index >= 15 is 0 Å². The number of ketones is 1. The summed E-state index contributed by atoms with van der Waals surface area (Å²) in [5, 5.41) is 0. The predicted octanol–water partition coefficient (Wildman–Crippen LogP) is 5.04. The van der Waals surface area contributed by atoms with Crippen LogP contribution in [0.5, 0.6) is 5.75 Å². The van der Waals surface area contributed by atoms with E-state index < -0.39 is 0 Å². The molecule has 0 N–H and O–H groups in total. The fourth-order valence-electron chi connectivity index (χ4n) is 2.95. The topological polar surface area (TPSA) is 26.3 Å². The lowest BCUT2D eigenvalue weighted by Gasteiger charge is -2.17. The maximum absolute atomic E-state index is 13.0. The molecule has 0 aliphatic heterocycles. The normalized spacial score (nSPS) is 13.2. The van der Waals surface area contributed by atoms with Crippen LogP contribution in [0.1, 0.15) is 11.1 Å². The van der Waals surface area contributed by atoms with Crippen molar-refractivity contribution < 1.29 is 13.9 Å².